The number of hydrogen-bond acceptors (Lipinski definition) is 1. The normalized spacial score (nSPS) is 11.7. The van der Waals surface area contributed by atoms with Gasteiger partial charge in [-0.05, 0) is 36.5 Å². The zero-order chi connectivity index (χ0) is 20.6. The Morgan fingerprint density at radius 1 is 0.893 bits per heavy atom. The molecule has 0 unspecified atom stereocenters. The second-order valence-corrected chi connectivity index (χ2v) is 10.0. The summed E-state index contributed by atoms with van der Waals surface area (Å²) < 4.78 is 10.2. The third-order valence-corrected chi connectivity index (χ3v) is 9.44. The zero-order valence-corrected chi connectivity index (χ0v) is 19.6. The molecule has 0 aromatic heterocycles. The molecule has 2 aromatic carbocycles. The van der Waals surface area contributed by atoms with Crippen LogP contribution in [0, 0.1) is 0 Å². The van der Waals surface area contributed by atoms with E-state index in [0.29, 0.717) is 10.1 Å². The summed E-state index contributed by atoms with van der Waals surface area (Å²) in [5.41, 5.74) is 0.892. The summed E-state index contributed by atoms with van der Waals surface area (Å²) in [7, 11) is -2.21. The predicted octanol–water partition coefficient (Wildman–Crippen LogP) is 6.08. The van der Waals surface area contributed by atoms with E-state index in [-0.39, 0.29) is 0 Å². The fraction of sp³-hybridized carbons (Fsp3) is 0.381. The standard InChI is InChI=1S/C21H30ClN4PS/c1-5-25(6-2)27(26(7-3)8-4,20-12-10-9-11-13-20)24-21(28)23-19-16-14-18(22)15-17-19/h9-17H,5-8H2,1-4H3,(H,23,28). The molecule has 0 radical (unpaired) electrons. The first-order valence-electron chi connectivity index (χ1n) is 9.77. The minimum absolute atomic E-state index is 0.498. The molecule has 0 bridgehead atoms. The summed E-state index contributed by atoms with van der Waals surface area (Å²) in [5, 5.41) is 5.70. The highest BCUT2D eigenvalue weighted by atomic mass is 35.5. The molecular formula is C21H30ClN4PS. The molecule has 0 saturated carbocycles. The molecule has 2 rings (SSSR count). The Morgan fingerprint density at radius 2 is 1.39 bits per heavy atom. The second-order valence-electron chi connectivity index (χ2n) is 6.22. The smallest absolute Gasteiger partial charge is 0.198 e. The Bertz CT molecular complexity index is 787. The van der Waals surface area contributed by atoms with E-state index in [2.05, 4.69) is 66.6 Å². The van der Waals surface area contributed by atoms with Gasteiger partial charge in [-0.1, -0.05) is 69.6 Å². The van der Waals surface area contributed by atoms with Crippen molar-refractivity contribution in [3.05, 3.63) is 59.6 Å². The first-order valence-corrected chi connectivity index (χ1v) is 12.2. The monoisotopic (exact) mass is 436 g/mol. The Labute approximate surface area is 180 Å². The van der Waals surface area contributed by atoms with Gasteiger partial charge in [0.1, 0.15) is 7.36 Å². The van der Waals surface area contributed by atoms with E-state index in [4.69, 9.17) is 28.6 Å². The second kappa shape index (κ2) is 11.1. The van der Waals surface area contributed by atoms with Crippen molar-refractivity contribution in [1.29, 1.82) is 0 Å². The molecule has 0 atom stereocenters. The van der Waals surface area contributed by atoms with Crippen LogP contribution >= 0.6 is 31.2 Å². The average Bonchev–Trinajstić information content (AvgIpc) is 2.71. The molecule has 28 heavy (non-hydrogen) atoms. The van der Waals surface area contributed by atoms with Gasteiger partial charge >= 0.3 is 0 Å². The minimum Gasteiger partial charge on any atom is -0.331 e. The Kier molecular flexibility index (Phi) is 9.13. The molecule has 0 saturated heterocycles. The third kappa shape index (κ3) is 5.22. The number of nitrogens with one attached hydrogen (secondary N) is 1. The molecule has 4 nitrogen and oxygen atoms in total. The molecule has 7 heteroatoms. The van der Waals surface area contributed by atoms with Crippen LogP contribution in [0.4, 0.5) is 5.69 Å². The van der Waals surface area contributed by atoms with Gasteiger partial charge in [0, 0.05) is 42.2 Å². The third-order valence-electron chi connectivity index (χ3n) is 4.68. The lowest BCUT2D eigenvalue weighted by atomic mass is 10.3. The van der Waals surface area contributed by atoms with E-state index < -0.39 is 7.36 Å². The van der Waals surface area contributed by atoms with E-state index in [0.717, 1.165) is 31.9 Å². The Hall–Kier alpha value is -1.23. The molecule has 0 fully saturated rings. The molecular weight excluding hydrogens is 407 g/mol. The van der Waals surface area contributed by atoms with Crippen LogP contribution in [0.15, 0.2) is 59.3 Å². The summed E-state index contributed by atoms with van der Waals surface area (Å²) in [5.74, 6) is 0. The fourth-order valence-electron chi connectivity index (χ4n) is 3.36. The van der Waals surface area contributed by atoms with Crippen molar-refractivity contribution in [1.82, 2.24) is 9.34 Å². The van der Waals surface area contributed by atoms with Gasteiger partial charge in [0.15, 0.2) is 5.11 Å². The van der Waals surface area contributed by atoms with E-state index in [1.807, 2.05) is 30.3 Å². The zero-order valence-electron chi connectivity index (χ0n) is 17.1. The van der Waals surface area contributed by atoms with Crippen LogP contribution in [0.25, 0.3) is 0 Å². The largest absolute Gasteiger partial charge is 0.331 e. The molecule has 1 N–H and O–H groups in total. The fourth-order valence-corrected chi connectivity index (χ4v) is 7.78. The van der Waals surface area contributed by atoms with Gasteiger partial charge in [0.05, 0.1) is 0 Å². The van der Waals surface area contributed by atoms with Crippen molar-refractivity contribution < 1.29 is 0 Å². The predicted molar refractivity (Wildman–Crippen MR) is 129 cm³/mol. The number of rotatable bonds is 8. The lowest BCUT2D eigenvalue weighted by Gasteiger charge is -2.43. The van der Waals surface area contributed by atoms with E-state index >= 15 is 0 Å². The van der Waals surface area contributed by atoms with Gasteiger partial charge in [0.2, 0.25) is 0 Å². The lowest BCUT2D eigenvalue weighted by molar-refractivity contribution is 0.421. The molecule has 0 aliphatic carbocycles. The van der Waals surface area contributed by atoms with Crippen molar-refractivity contribution in [3.8, 4) is 0 Å². The average molecular weight is 437 g/mol. The number of thiocarbonyl (C=S) groups is 1. The SMILES string of the molecule is CCN(CC)P(=NC(=S)Nc1ccc(Cl)cc1)(c1ccccc1)N(CC)CC. The van der Waals surface area contributed by atoms with E-state index in [1.54, 1.807) is 0 Å². The van der Waals surface area contributed by atoms with Crippen molar-refractivity contribution in [3.63, 3.8) is 0 Å². The summed E-state index contributed by atoms with van der Waals surface area (Å²) in [4.78, 5) is 0. The van der Waals surface area contributed by atoms with Crippen molar-refractivity contribution in [2.45, 2.75) is 27.7 Å². The van der Waals surface area contributed by atoms with Crippen molar-refractivity contribution in [2.75, 3.05) is 31.5 Å². The maximum absolute atomic E-state index is 6.00. The number of anilines is 1. The maximum atomic E-state index is 6.00. The van der Waals surface area contributed by atoms with Crippen LogP contribution < -0.4 is 10.6 Å². The Morgan fingerprint density at radius 3 is 1.86 bits per heavy atom. The summed E-state index contributed by atoms with van der Waals surface area (Å²) in [6, 6.07) is 18.1. The molecule has 0 aliphatic heterocycles. The van der Waals surface area contributed by atoms with Gasteiger partial charge in [-0.25, -0.2) is 4.74 Å². The number of hydrogen-bond donors (Lipinski definition) is 1. The van der Waals surface area contributed by atoms with Gasteiger partial charge in [0.25, 0.3) is 0 Å². The van der Waals surface area contributed by atoms with Gasteiger partial charge in [-0.2, -0.15) is 0 Å². The van der Waals surface area contributed by atoms with Crippen molar-refractivity contribution in [2.24, 2.45) is 4.74 Å². The molecule has 152 valence electrons. The maximum Gasteiger partial charge on any atom is 0.198 e. The first kappa shape index (κ1) is 23.1. The molecule has 0 spiro atoms. The van der Waals surface area contributed by atoms with Gasteiger partial charge in [-0.15, -0.1) is 0 Å². The van der Waals surface area contributed by atoms with Crippen LogP contribution in [-0.2, 0) is 0 Å². The lowest BCUT2D eigenvalue weighted by Crippen LogP contribution is -2.38. The molecule has 0 aliphatic rings. The number of nitrogens with zero attached hydrogens (tertiary/aromatic N) is 3. The number of halogens is 1. The Balaban J connectivity index is 2.61. The van der Waals surface area contributed by atoms with E-state index in [1.165, 1.54) is 5.30 Å². The van der Waals surface area contributed by atoms with Crippen LogP contribution in [0.5, 0.6) is 0 Å². The number of benzene rings is 2. The highest BCUT2D eigenvalue weighted by molar-refractivity contribution is 7.81. The highest BCUT2D eigenvalue weighted by Gasteiger charge is 2.34. The first-order chi connectivity index (χ1) is 13.5. The van der Waals surface area contributed by atoms with Gasteiger partial charge in [-0.3, -0.25) is 9.34 Å². The van der Waals surface area contributed by atoms with Crippen LogP contribution in [0.3, 0.4) is 0 Å². The highest BCUT2D eigenvalue weighted by Crippen LogP contribution is 2.55. The van der Waals surface area contributed by atoms with Gasteiger partial charge < -0.3 is 5.32 Å². The van der Waals surface area contributed by atoms with Crippen LogP contribution in [0.1, 0.15) is 27.7 Å². The van der Waals surface area contributed by atoms with E-state index in [9.17, 15) is 0 Å². The summed E-state index contributed by atoms with van der Waals surface area (Å²) >= 11 is 11.7. The molecule has 0 amide bonds. The topological polar surface area (TPSA) is 30.9 Å². The summed E-state index contributed by atoms with van der Waals surface area (Å²) in [6.45, 7) is 12.4. The minimum atomic E-state index is -2.21. The summed E-state index contributed by atoms with van der Waals surface area (Å²) in [6.07, 6.45) is 0. The molecule has 2 aromatic rings. The quantitative estimate of drug-likeness (QED) is 0.401. The molecule has 0 heterocycles. The van der Waals surface area contributed by atoms with Crippen LogP contribution in [-0.4, -0.2) is 40.6 Å². The van der Waals surface area contributed by atoms with Crippen LogP contribution in [0.2, 0.25) is 5.02 Å². The van der Waals surface area contributed by atoms with Crippen molar-refractivity contribution >= 4 is 47.3 Å².